The summed E-state index contributed by atoms with van der Waals surface area (Å²) in [5.41, 5.74) is 6.16. The molecule has 2 rings (SSSR count). The van der Waals surface area contributed by atoms with E-state index in [-0.39, 0.29) is 18.6 Å². The van der Waals surface area contributed by atoms with Gasteiger partial charge in [-0.05, 0) is 38.1 Å². The van der Waals surface area contributed by atoms with Crippen molar-refractivity contribution in [2.24, 2.45) is 5.73 Å². The number of nitrogens with zero attached hydrogens (tertiary/aromatic N) is 1. The van der Waals surface area contributed by atoms with Crippen LogP contribution >= 0.6 is 12.4 Å². The normalized spacial score (nSPS) is 17.8. The van der Waals surface area contributed by atoms with Crippen LogP contribution in [-0.2, 0) is 0 Å². The first-order valence-corrected chi connectivity index (χ1v) is 6.54. The number of piperidine rings is 1. The van der Waals surface area contributed by atoms with Gasteiger partial charge in [-0.25, -0.2) is 0 Å². The van der Waals surface area contributed by atoms with Gasteiger partial charge in [0, 0.05) is 6.42 Å². The molecule has 4 heteroatoms. The van der Waals surface area contributed by atoms with Gasteiger partial charge in [0.15, 0.2) is 0 Å². The highest BCUT2D eigenvalue weighted by atomic mass is 35.5. The second-order valence-corrected chi connectivity index (χ2v) is 4.61. The van der Waals surface area contributed by atoms with Gasteiger partial charge in [-0.3, -0.25) is 4.90 Å². The Labute approximate surface area is 116 Å². The highest BCUT2D eigenvalue weighted by Gasteiger charge is 2.16. The molecule has 0 amide bonds. The number of para-hydroxylation sites is 1. The van der Waals surface area contributed by atoms with Gasteiger partial charge in [-0.1, -0.05) is 24.6 Å². The number of rotatable bonds is 5. The first-order valence-electron chi connectivity index (χ1n) is 6.54. The lowest BCUT2D eigenvalue weighted by molar-refractivity contribution is 0.141. The molecule has 0 saturated carbocycles. The molecule has 0 aromatic heterocycles. The number of nitrogens with two attached hydrogens (primary N) is 1. The third-order valence-corrected chi connectivity index (χ3v) is 3.29. The number of likely N-dealkylation sites (tertiary alicyclic amines) is 1. The number of hydrogen-bond donors (Lipinski definition) is 1. The maximum absolute atomic E-state index is 6.16. The fourth-order valence-corrected chi connectivity index (χ4v) is 2.25. The molecule has 1 heterocycles. The van der Waals surface area contributed by atoms with Crippen LogP contribution in [-0.4, -0.2) is 30.8 Å². The monoisotopic (exact) mass is 270 g/mol. The van der Waals surface area contributed by atoms with Crippen molar-refractivity contribution in [1.82, 2.24) is 4.90 Å². The standard InChI is InChI=1S/C14H22N2O.ClH/c15-14(16-10-5-2-6-11-16)9-12-17-13-7-3-1-4-8-13;/h1,3-4,7-8,14H,2,5-6,9-12,15H2;1H. The molecule has 102 valence electrons. The molecule has 2 N–H and O–H groups in total. The average Bonchev–Trinajstić information content (AvgIpc) is 2.41. The van der Waals surface area contributed by atoms with Gasteiger partial charge in [-0.15, -0.1) is 12.4 Å². The van der Waals surface area contributed by atoms with Crippen molar-refractivity contribution in [2.75, 3.05) is 19.7 Å². The lowest BCUT2D eigenvalue weighted by Gasteiger charge is -2.31. The maximum atomic E-state index is 6.16. The first kappa shape index (κ1) is 15.3. The van der Waals surface area contributed by atoms with E-state index in [9.17, 15) is 0 Å². The van der Waals surface area contributed by atoms with Crippen LogP contribution in [0.4, 0.5) is 0 Å². The smallest absolute Gasteiger partial charge is 0.119 e. The number of hydrogen-bond acceptors (Lipinski definition) is 3. The molecule has 1 saturated heterocycles. The molecule has 0 spiro atoms. The van der Waals surface area contributed by atoms with E-state index in [2.05, 4.69) is 4.90 Å². The Balaban J connectivity index is 0.00000162. The summed E-state index contributed by atoms with van der Waals surface area (Å²) in [6.45, 7) is 2.99. The second kappa shape index (κ2) is 8.35. The molecule has 0 radical (unpaired) electrons. The molecule has 1 unspecified atom stereocenters. The van der Waals surface area contributed by atoms with Crippen LogP contribution in [0.15, 0.2) is 30.3 Å². The molecule has 0 aliphatic carbocycles. The van der Waals surface area contributed by atoms with Crippen LogP contribution < -0.4 is 10.5 Å². The molecule has 0 bridgehead atoms. The minimum atomic E-state index is 0. The summed E-state index contributed by atoms with van der Waals surface area (Å²) in [6, 6.07) is 9.92. The van der Waals surface area contributed by atoms with Gasteiger partial charge in [0.05, 0.1) is 12.8 Å². The molecular weight excluding hydrogens is 248 g/mol. The first-order chi connectivity index (χ1) is 8.36. The Hall–Kier alpha value is -0.770. The topological polar surface area (TPSA) is 38.5 Å². The molecule has 1 aromatic carbocycles. The Bertz CT molecular complexity index is 315. The molecule has 1 fully saturated rings. The highest BCUT2D eigenvalue weighted by molar-refractivity contribution is 5.85. The lowest BCUT2D eigenvalue weighted by atomic mass is 10.1. The van der Waals surface area contributed by atoms with Crippen molar-refractivity contribution in [3.63, 3.8) is 0 Å². The van der Waals surface area contributed by atoms with E-state index in [1.807, 2.05) is 30.3 Å². The predicted octanol–water partition coefficient (Wildman–Crippen LogP) is 2.65. The Morgan fingerprint density at radius 1 is 1.11 bits per heavy atom. The van der Waals surface area contributed by atoms with Crippen molar-refractivity contribution in [3.05, 3.63) is 30.3 Å². The summed E-state index contributed by atoms with van der Waals surface area (Å²) in [4.78, 5) is 2.37. The van der Waals surface area contributed by atoms with Gasteiger partial charge in [0.1, 0.15) is 5.75 Å². The SMILES string of the molecule is Cl.NC(CCOc1ccccc1)N1CCCCC1. The summed E-state index contributed by atoms with van der Waals surface area (Å²) >= 11 is 0. The van der Waals surface area contributed by atoms with E-state index < -0.39 is 0 Å². The van der Waals surface area contributed by atoms with E-state index in [1.165, 1.54) is 19.3 Å². The van der Waals surface area contributed by atoms with Crippen molar-refractivity contribution in [1.29, 1.82) is 0 Å². The number of benzene rings is 1. The van der Waals surface area contributed by atoms with Crippen LogP contribution in [0.25, 0.3) is 0 Å². The third-order valence-electron chi connectivity index (χ3n) is 3.29. The predicted molar refractivity (Wildman–Crippen MR) is 77.2 cm³/mol. The zero-order valence-electron chi connectivity index (χ0n) is 10.8. The van der Waals surface area contributed by atoms with Crippen LogP contribution in [0.5, 0.6) is 5.75 Å². The van der Waals surface area contributed by atoms with E-state index in [0.29, 0.717) is 6.61 Å². The minimum Gasteiger partial charge on any atom is -0.493 e. The Morgan fingerprint density at radius 3 is 2.44 bits per heavy atom. The molecule has 1 atom stereocenters. The van der Waals surface area contributed by atoms with Crippen molar-refractivity contribution >= 4 is 12.4 Å². The van der Waals surface area contributed by atoms with Gasteiger partial charge in [-0.2, -0.15) is 0 Å². The van der Waals surface area contributed by atoms with E-state index in [0.717, 1.165) is 25.3 Å². The van der Waals surface area contributed by atoms with Gasteiger partial charge in [0.25, 0.3) is 0 Å². The fourth-order valence-electron chi connectivity index (χ4n) is 2.25. The third kappa shape index (κ3) is 4.84. The van der Waals surface area contributed by atoms with E-state index in [4.69, 9.17) is 10.5 Å². The zero-order chi connectivity index (χ0) is 11.9. The molecule has 1 aliphatic heterocycles. The molecule has 18 heavy (non-hydrogen) atoms. The molecule has 1 aromatic rings. The summed E-state index contributed by atoms with van der Waals surface area (Å²) < 4.78 is 5.66. The van der Waals surface area contributed by atoms with Crippen LogP contribution in [0.1, 0.15) is 25.7 Å². The molecule has 3 nitrogen and oxygen atoms in total. The number of ether oxygens (including phenoxy) is 1. The summed E-state index contributed by atoms with van der Waals surface area (Å²) in [6.07, 6.45) is 4.97. The lowest BCUT2D eigenvalue weighted by Crippen LogP contribution is -2.45. The van der Waals surface area contributed by atoms with Gasteiger partial charge in [0.2, 0.25) is 0 Å². The number of halogens is 1. The molecular formula is C14H23ClN2O. The summed E-state index contributed by atoms with van der Waals surface area (Å²) in [7, 11) is 0. The maximum Gasteiger partial charge on any atom is 0.119 e. The minimum absolute atomic E-state index is 0. The van der Waals surface area contributed by atoms with E-state index >= 15 is 0 Å². The fraction of sp³-hybridized carbons (Fsp3) is 0.571. The van der Waals surface area contributed by atoms with E-state index in [1.54, 1.807) is 0 Å². The van der Waals surface area contributed by atoms with Crippen LogP contribution in [0.2, 0.25) is 0 Å². The van der Waals surface area contributed by atoms with Crippen LogP contribution in [0.3, 0.4) is 0 Å². The van der Waals surface area contributed by atoms with Crippen molar-refractivity contribution in [3.8, 4) is 5.75 Å². The molecule has 1 aliphatic rings. The van der Waals surface area contributed by atoms with Crippen molar-refractivity contribution in [2.45, 2.75) is 31.8 Å². The van der Waals surface area contributed by atoms with Gasteiger partial charge < -0.3 is 10.5 Å². The second-order valence-electron chi connectivity index (χ2n) is 4.61. The Kier molecular flexibility index (Phi) is 7.09. The quantitative estimate of drug-likeness (QED) is 0.894. The zero-order valence-corrected chi connectivity index (χ0v) is 11.6. The average molecular weight is 271 g/mol. The van der Waals surface area contributed by atoms with Gasteiger partial charge >= 0.3 is 0 Å². The Morgan fingerprint density at radius 2 is 1.78 bits per heavy atom. The summed E-state index contributed by atoms with van der Waals surface area (Å²) in [5.74, 6) is 0.929. The summed E-state index contributed by atoms with van der Waals surface area (Å²) in [5, 5.41) is 0. The highest BCUT2D eigenvalue weighted by Crippen LogP contribution is 2.13. The largest absolute Gasteiger partial charge is 0.493 e. The van der Waals surface area contributed by atoms with Crippen molar-refractivity contribution < 1.29 is 4.74 Å². The van der Waals surface area contributed by atoms with Crippen LogP contribution in [0, 0.1) is 0 Å².